The van der Waals surface area contributed by atoms with Crippen molar-refractivity contribution in [2.75, 3.05) is 5.01 Å². The van der Waals surface area contributed by atoms with E-state index >= 15 is 0 Å². The molecule has 0 fully saturated rings. The Kier molecular flexibility index (Phi) is 4.65. The monoisotopic (exact) mass is 271 g/mol. The second-order valence-electron chi connectivity index (χ2n) is 3.51. The van der Waals surface area contributed by atoms with Gasteiger partial charge in [0.2, 0.25) is 5.91 Å². The molecule has 1 rings (SSSR count). The lowest BCUT2D eigenvalue weighted by Crippen LogP contribution is -2.35. The van der Waals surface area contributed by atoms with Gasteiger partial charge in [0.15, 0.2) is 0 Å². The predicted octanol–water partition coefficient (Wildman–Crippen LogP) is 1.25. The van der Waals surface area contributed by atoms with Crippen molar-refractivity contribution in [3.63, 3.8) is 0 Å². The largest absolute Gasteiger partial charge is 0.382 e. The van der Waals surface area contributed by atoms with E-state index in [1.807, 2.05) is 0 Å². The van der Waals surface area contributed by atoms with Crippen LogP contribution in [-0.2, 0) is 4.79 Å². The summed E-state index contributed by atoms with van der Waals surface area (Å²) >= 11 is 1.07. The van der Waals surface area contributed by atoms with Crippen molar-refractivity contribution < 1.29 is 14.8 Å². The van der Waals surface area contributed by atoms with Crippen molar-refractivity contribution in [1.82, 2.24) is 0 Å². The summed E-state index contributed by atoms with van der Waals surface area (Å²) in [6, 6.07) is 4.21. The minimum absolute atomic E-state index is 0.0162. The topological polar surface area (TPSA) is 110 Å². The summed E-state index contributed by atoms with van der Waals surface area (Å²) in [4.78, 5) is 21.9. The molecular weight excluding hydrogens is 258 g/mol. The summed E-state index contributed by atoms with van der Waals surface area (Å²) < 4.78 is 0. The summed E-state index contributed by atoms with van der Waals surface area (Å²) in [7, 11) is 0. The second-order valence-corrected chi connectivity index (χ2v) is 4.90. The molecule has 8 heteroatoms. The number of nitro groups is 1. The highest BCUT2D eigenvalue weighted by atomic mass is 32.2. The quantitative estimate of drug-likeness (QED) is 0.213. The molecule has 1 amide bonds. The number of aliphatic hydroxyl groups is 1. The molecule has 0 spiro atoms. The number of nitro benzene ring substituents is 1. The Morgan fingerprint density at radius 2 is 2.22 bits per heavy atom. The number of carbonyl (C=O) groups excluding carboxylic acids is 1. The van der Waals surface area contributed by atoms with Crippen LogP contribution in [0, 0.1) is 10.1 Å². The van der Waals surface area contributed by atoms with Crippen LogP contribution in [0.2, 0.25) is 0 Å². The van der Waals surface area contributed by atoms with Gasteiger partial charge in [0.25, 0.3) is 5.69 Å². The Balaban J connectivity index is 3.20. The number of nitrogens with two attached hydrogens (primary N) is 1. The maximum absolute atomic E-state index is 11.1. The van der Waals surface area contributed by atoms with E-state index in [1.54, 1.807) is 13.0 Å². The molecule has 1 unspecified atom stereocenters. The molecule has 0 aliphatic rings. The number of anilines is 1. The number of hydrogen-bond donors (Lipinski definition) is 2. The van der Waals surface area contributed by atoms with E-state index in [9.17, 15) is 20.0 Å². The molecule has 7 nitrogen and oxygen atoms in total. The minimum atomic E-state index is -0.683. The van der Waals surface area contributed by atoms with Gasteiger partial charge in [0.05, 0.1) is 4.92 Å². The molecule has 0 heterocycles. The SMILES string of the molecule is CC(=O)N(N)c1ccc(SC(C)O)cc1[N+](=O)[O-]. The second kappa shape index (κ2) is 5.80. The number of amides is 1. The highest BCUT2D eigenvalue weighted by Crippen LogP contribution is 2.32. The smallest absolute Gasteiger partial charge is 0.295 e. The van der Waals surface area contributed by atoms with Crippen LogP contribution < -0.4 is 10.9 Å². The van der Waals surface area contributed by atoms with E-state index in [-0.39, 0.29) is 11.4 Å². The van der Waals surface area contributed by atoms with Crippen LogP contribution in [-0.4, -0.2) is 21.4 Å². The van der Waals surface area contributed by atoms with E-state index in [1.165, 1.54) is 19.1 Å². The lowest BCUT2D eigenvalue weighted by molar-refractivity contribution is -0.384. The first-order valence-electron chi connectivity index (χ1n) is 5.01. The highest BCUT2D eigenvalue weighted by molar-refractivity contribution is 7.99. The van der Waals surface area contributed by atoms with Gasteiger partial charge in [-0.1, -0.05) is 11.8 Å². The lowest BCUT2D eigenvalue weighted by Gasteiger charge is -2.15. The zero-order valence-corrected chi connectivity index (χ0v) is 10.7. The van der Waals surface area contributed by atoms with Crippen LogP contribution >= 0.6 is 11.8 Å². The average Bonchev–Trinajstić information content (AvgIpc) is 2.26. The zero-order chi connectivity index (χ0) is 13.9. The molecule has 0 radical (unpaired) electrons. The van der Waals surface area contributed by atoms with Gasteiger partial charge in [0, 0.05) is 17.9 Å². The molecule has 1 atom stereocenters. The van der Waals surface area contributed by atoms with Gasteiger partial charge in [-0.15, -0.1) is 0 Å². The number of thioether (sulfide) groups is 1. The summed E-state index contributed by atoms with van der Waals surface area (Å²) in [6.07, 6.45) is 0. The first-order valence-corrected chi connectivity index (χ1v) is 5.89. The molecule has 0 bridgehead atoms. The van der Waals surface area contributed by atoms with E-state index in [0.29, 0.717) is 4.90 Å². The molecule has 0 saturated heterocycles. The summed E-state index contributed by atoms with van der Waals surface area (Å²) in [6.45, 7) is 2.76. The number of benzene rings is 1. The van der Waals surface area contributed by atoms with Gasteiger partial charge in [0.1, 0.15) is 11.1 Å². The van der Waals surface area contributed by atoms with Gasteiger partial charge < -0.3 is 5.11 Å². The fourth-order valence-corrected chi connectivity index (χ4v) is 2.01. The maximum Gasteiger partial charge on any atom is 0.295 e. The molecular formula is C10H13N3O4S. The summed E-state index contributed by atoms with van der Waals surface area (Å²) in [5.74, 6) is 4.95. The molecule has 0 aromatic heterocycles. The number of aliphatic hydroxyl groups excluding tert-OH is 1. The van der Waals surface area contributed by atoms with Crippen molar-refractivity contribution >= 4 is 29.0 Å². The summed E-state index contributed by atoms with van der Waals surface area (Å²) in [5, 5.41) is 20.9. The Hall–Kier alpha value is -1.64. The van der Waals surface area contributed by atoms with Gasteiger partial charge in [-0.25, -0.2) is 10.9 Å². The average molecular weight is 271 g/mol. The van der Waals surface area contributed by atoms with Crippen LogP contribution in [0.25, 0.3) is 0 Å². The zero-order valence-electron chi connectivity index (χ0n) is 9.86. The fraction of sp³-hybridized carbons (Fsp3) is 0.300. The van der Waals surface area contributed by atoms with Crippen LogP contribution in [0.15, 0.2) is 23.1 Å². The van der Waals surface area contributed by atoms with Gasteiger partial charge in [-0.2, -0.15) is 0 Å². The van der Waals surface area contributed by atoms with Gasteiger partial charge in [-0.05, 0) is 19.1 Å². The number of nitrogens with zero attached hydrogens (tertiary/aromatic N) is 2. The highest BCUT2D eigenvalue weighted by Gasteiger charge is 2.21. The Morgan fingerprint density at radius 3 is 2.67 bits per heavy atom. The molecule has 0 saturated carbocycles. The Labute approximate surface area is 108 Å². The Morgan fingerprint density at radius 1 is 1.61 bits per heavy atom. The first-order chi connectivity index (χ1) is 8.32. The van der Waals surface area contributed by atoms with E-state index < -0.39 is 16.3 Å². The summed E-state index contributed by atoms with van der Waals surface area (Å²) in [5.41, 5.74) is -0.946. The van der Waals surface area contributed by atoms with Crippen LogP contribution in [0.3, 0.4) is 0 Å². The molecule has 3 N–H and O–H groups in total. The van der Waals surface area contributed by atoms with Crippen molar-refractivity contribution in [3.8, 4) is 0 Å². The number of hydrazine groups is 1. The normalized spacial score (nSPS) is 12.0. The van der Waals surface area contributed by atoms with Gasteiger partial charge >= 0.3 is 0 Å². The fourth-order valence-electron chi connectivity index (χ4n) is 1.29. The van der Waals surface area contributed by atoms with E-state index in [0.717, 1.165) is 16.8 Å². The van der Waals surface area contributed by atoms with Crippen molar-refractivity contribution in [1.29, 1.82) is 0 Å². The van der Waals surface area contributed by atoms with E-state index in [2.05, 4.69) is 0 Å². The molecule has 98 valence electrons. The van der Waals surface area contributed by atoms with Crippen LogP contribution in [0.4, 0.5) is 11.4 Å². The van der Waals surface area contributed by atoms with Crippen molar-refractivity contribution in [3.05, 3.63) is 28.3 Å². The Bertz CT molecular complexity index is 478. The number of hydrogen-bond acceptors (Lipinski definition) is 6. The molecule has 1 aromatic carbocycles. The third kappa shape index (κ3) is 3.42. The lowest BCUT2D eigenvalue weighted by atomic mass is 10.2. The minimum Gasteiger partial charge on any atom is -0.382 e. The third-order valence-corrected chi connectivity index (χ3v) is 2.92. The maximum atomic E-state index is 11.1. The van der Waals surface area contributed by atoms with Crippen LogP contribution in [0.5, 0.6) is 0 Å². The molecule has 0 aliphatic carbocycles. The van der Waals surface area contributed by atoms with E-state index in [4.69, 9.17) is 5.84 Å². The molecule has 0 aliphatic heterocycles. The number of rotatable bonds is 4. The van der Waals surface area contributed by atoms with Crippen LogP contribution in [0.1, 0.15) is 13.8 Å². The first kappa shape index (κ1) is 14.4. The van der Waals surface area contributed by atoms with Crippen molar-refractivity contribution in [2.45, 2.75) is 24.2 Å². The molecule has 18 heavy (non-hydrogen) atoms. The molecule has 1 aromatic rings. The van der Waals surface area contributed by atoms with Crippen molar-refractivity contribution in [2.24, 2.45) is 5.84 Å². The third-order valence-electron chi connectivity index (χ3n) is 2.05. The standard InChI is InChI=1S/C10H13N3O4S/c1-6(14)12(11)9-4-3-8(18-7(2)15)5-10(9)13(16)17/h3-5,7,15H,11H2,1-2H3. The number of carbonyl (C=O) groups is 1. The van der Waals surface area contributed by atoms with Gasteiger partial charge in [-0.3, -0.25) is 14.9 Å². The predicted molar refractivity (Wildman–Crippen MR) is 68.0 cm³/mol.